The van der Waals surface area contributed by atoms with Crippen LogP contribution in [0.2, 0.25) is 0 Å². The van der Waals surface area contributed by atoms with Crippen LogP contribution in [0.15, 0.2) is 5.10 Å². The molecule has 0 aromatic rings. The first-order valence-corrected chi connectivity index (χ1v) is 6.47. The molecule has 0 aliphatic carbocycles. The van der Waals surface area contributed by atoms with E-state index in [4.69, 9.17) is 5.10 Å². The number of hydrazone groups is 1. The zero-order valence-electron chi connectivity index (χ0n) is 10.8. The van der Waals surface area contributed by atoms with E-state index >= 15 is 0 Å². The average Bonchev–Trinajstić information content (AvgIpc) is 2.21. The second kappa shape index (κ2) is 6.14. The van der Waals surface area contributed by atoms with E-state index in [9.17, 15) is 0 Å². The van der Waals surface area contributed by atoms with E-state index in [1.165, 1.54) is 37.8 Å². The van der Waals surface area contributed by atoms with Crippen molar-refractivity contribution in [3.05, 3.63) is 0 Å². The summed E-state index contributed by atoms with van der Waals surface area (Å²) in [5.74, 6) is 0. The van der Waals surface area contributed by atoms with E-state index in [1.807, 2.05) is 0 Å². The number of hydrogen-bond donors (Lipinski definition) is 0. The summed E-state index contributed by atoms with van der Waals surface area (Å²) in [5, 5.41) is 7.11. The van der Waals surface area contributed by atoms with Crippen LogP contribution in [0.3, 0.4) is 0 Å². The molecule has 1 aliphatic heterocycles. The second-order valence-corrected chi connectivity index (χ2v) is 4.95. The first-order valence-electron chi connectivity index (χ1n) is 6.47. The summed E-state index contributed by atoms with van der Waals surface area (Å²) < 4.78 is 0. The van der Waals surface area contributed by atoms with Crippen molar-refractivity contribution >= 4 is 5.71 Å². The summed E-state index contributed by atoms with van der Waals surface area (Å²) in [6, 6.07) is 1.26. The second-order valence-electron chi connectivity index (χ2n) is 4.95. The van der Waals surface area contributed by atoms with Crippen LogP contribution in [0.25, 0.3) is 0 Å². The van der Waals surface area contributed by atoms with E-state index in [0.717, 1.165) is 6.42 Å². The summed E-state index contributed by atoms with van der Waals surface area (Å²) in [5.41, 5.74) is 1.30. The Morgan fingerprint density at radius 3 is 2.40 bits per heavy atom. The van der Waals surface area contributed by atoms with Crippen molar-refractivity contribution in [1.82, 2.24) is 5.01 Å². The third-order valence-electron chi connectivity index (χ3n) is 3.33. The van der Waals surface area contributed by atoms with Crippen molar-refractivity contribution < 1.29 is 0 Å². The Kier molecular flexibility index (Phi) is 5.13. The van der Waals surface area contributed by atoms with E-state index in [2.05, 4.69) is 32.7 Å². The smallest absolute Gasteiger partial charge is 0.0445 e. The largest absolute Gasteiger partial charge is 0.292 e. The van der Waals surface area contributed by atoms with E-state index in [0.29, 0.717) is 12.1 Å². The Morgan fingerprint density at radius 1 is 1.27 bits per heavy atom. The number of piperidine rings is 1. The minimum absolute atomic E-state index is 0.630. The molecule has 0 amide bonds. The van der Waals surface area contributed by atoms with Gasteiger partial charge in [-0.05, 0) is 52.9 Å². The van der Waals surface area contributed by atoms with E-state index < -0.39 is 0 Å². The standard InChI is InChI=1S/C13H26N2/c1-5-6-8-11(2)14-15-12(3)9-7-10-13(15)4/h12-13H,5-10H2,1-4H3/b14-11-/t12-,13+. The maximum absolute atomic E-state index is 4.79. The normalized spacial score (nSPS) is 28.3. The zero-order chi connectivity index (χ0) is 11.3. The van der Waals surface area contributed by atoms with Gasteiger partial charge in [-0.1, -0.05) is 13.3 Å². The van der Waals surface area contributed by atoms with Crippen molar-refractivity contribution in [3.63, 3.8) is 0 Å². The molecule has 88 valence electrons. The molecular weight excluding hydrogens is 184 g/mol. The SMILES string of the molecule is CCCC/C(C)=N\N1[C@H](C)CCC[C@@H]1C. The van der Waals surface area contributed by atoms with Gasteiger partial charge in [-0.15, -0.1) is 0 Å². The number of unbranched alkanes of at least 4 members (excludes halogenated alkanes) is 1. The van der Waals surface area contributed by atoms with Crippen molar-refractivity contribution in [1.29, 1.82) is 0 Å². The van der Waals surface area contributed by atoms with Gasteiger partial charge in [0.2, 0.25) is 0 Å². The molecule has 0 aromatic heterocycles. The lowest BCUT2D eigenvalue weighted by atomic mass is 10.00. The predicted octanol–water partition coefficient (Wildman–Crippen LogP) is 3.82. The van der Waals surface area contributed by atoms with Gasteiger partial charge in [-0.25, -0.2) is 0 Å². The van der Waals surface area contributed by atoms with Crippen LogP contribution in [0.4, 0.5) is 0 Å². The molecule has 1 aliphatic rings. The Morgan fingerprint density at radius 2 is 1.87 bits per heavy atom. The van der Waals surface area contributed by atoms with Crippen LogP contribution in [-0.2, 0) is 0 Å². The van der Waals surface area contributed by atoms with Gasteiger partial charge in [-0.3, -0.25) is 5.01 Å². The van der Waals surface area contributed by atoms with Crippen LogP contribution in [-0.4, -0.2) is 22.8 Å². The Hall–Kier alpha value is -0.530. The molecule has 1 saturated heterocycles. The first-order chi connectivity index (χ1) is 7.15. The Labute approximate surface area is 94.7 Å². The van der Waals surface area contributed by atoms with Crippen LogP contribution < -0.4 is 0 Å². The van der Waals surface area contributed by atoms with Gasteiger partial charge in [0.1, 0.15) is 0 Å². The lowest BCUT2D eigenvalue weighted by Crippen LogP contribution is -2.40. The minimum atomic E-state index is 0.630. The van der Waals surface area contributed by atoms with Crippen LogP contribution in [0, 0.1) is 0 Å². The first kappa shape index (κ1) is 12.5. The summed E-state index contributed by atoms with van der Waals surface area (Å²) in [7, 11) is 0. The van der Waals surface area contributed by atoms with E-state index in [1.54, 1.807) is 0 Å². The third-order valence-corrected chi connectivity index (χ3v) is 3.33. The zero-order valence-corrected chi connectivity index (χ0v) is 10.8. The molecule has 0 aromatic carbocycles. The molecular formula is C13H26N2. The van der Waals surface area contributed by atoms with Gasteiger partial charge in [0, 0.05) is 17.8 Å². The molecule has 0 N–H and O–H groups in total. The number of hydrogen-bond acceptors (Lipinski definition) is 2. The molecule has 15 heavy (non-hydrogen) atoms. The predicted molar refractivity (Wildman–Crippen MR) is 67.2 cm³/mol. The summed E-state index contributed by atoms with van der Waals surface area (Å²) in [6.07, 6.45) is 7.66. The highest BCUT2D eigenvalue weighted by Crippen LogP contribution is 2.22. The molecule has 0 saturated carbocycles. The lowest BCUT2D eigenvalue weighted by molar-refractivity contribution is 0.108. The quantitative estimate of drug-likeness (QED) is 0.644. The fraction of sp³-hybridized carbons (Fsp3) is 0.923. The summed E-state index contributed by atoms with van der Waals surface area (Å²) in [6.45, 7) is 9.00. The molecule has 0 unspecified atom stereocenters. The van der Waals surface area contributed by atoms with Gasteiger partial charge >= 0.3 is 0 Å². The molecule has 1 heterocycles. The van der Waals surface area contributed by atoms with Crippen molar-refractivity contribution in [3.8, 4) is 0 Å². The fourth-order valence-corrected chi connectivity index (χ4v) is 2.28. The lowest BCUT2D eigenvalue weighted by Gasteiger charge is -2.37. The van der Waals surface area contributed by atoms with Gasteiger partial charge in [-0.2, -0.15) is 5.10 Å². The van der Waals surface area contributed by atoms with Gasteiger partial charge in [0.25, 0.3) is 0 Å². The minimum Gasteiger partial charge on any atom is -0.292 e. The molecule has 0 radical (unpaired) electrons. The summed E-state index contributed by atoms with van der Waals surface area (Å²) in [4.78, 5) is 0. The Balaban J connectivity index is 2.52. The fourth-order valence-electron chi connectivity index (χ4n) is 2.28. The van der Waals surface area contributed by atoms with Crippen LogP contribution >= 0.6 is 0 Å². The van der Waals surface area contributed by atoms with Gasteiger partial charge in [0.05, 0.1) is 0 Å². The van der Waals surface area contributed by atoms with E-state index in [-0.39, 0.29) is 0 Å². The van der Waals surface area contributed by atoms with Crippen molar-refractivity contribution in [2.45, 2.75) is 78.3 Å². The van der Waals surface area contributed by atoms with Crippen molar-refractivity contribution in [2.75, 3.05) is 0 Å². The highest BCUT2D eigenvalue weighted by Gasteiger charge is 2.23. The molecule has 1 fully saturated rings. The van der Waals surface area contributed by atoms with Gasteiger partial charge in [0.15, 0.2) is 0 Å². The molecule has 2 atom stereocenters. The maximum Gasteiger partial charge on any atom is 0.0445 e. The third kappa shape index (κ3) is 3.84. The average molecular weight is 210 g/mol. The molecule has 2 nitrogen and oxygen atoms in total. The molecule has 2 heteroatoms. The maximum atomic E-state index is 4.79. The highest BCUT2D eigenvalue weighted by molar-refractivity contribution is 5.81. The van der Waals surface area contributed by atoms with Gasteiger partial charge < -0.3 is 0 Å². The highest BCUT2D eigenvalue weighted by atomic mass is 15.5. The molecule has 1 rings (SSSR count). The molecule has 0 bridgehead atoms. The molecule has 0 spiro atoms. The van der Waals surface area contributed by atoms with Crippen molar-refractivity contribution in [2.24, 2.45) is 5.10 Å². The monoisotopic (exact) mass is 210 g/mol. The van der Waals surface area contributed by atoms with Crippen LogP contribution in [0.5, 0.6) is 0 Å². The number of nitrogens with zero attached hydrogens (tertiary/aromatic N) is 2. The number of rotatable bonds is 4. The van der Waals surface area contributed by atoms with Crippen LogP contribution in [0.1, 0.15) is 66.2 Å². The topological polar surface area (TPSA) is 15.6 Å². The summed E-state index contributed by atoms with van der Waals surface area (Å²) >= 11 is 0. The Bertz CT molecular complexity index is 201.